The zero-order valence-electron chi connectivity index (χ0n) is 10.9. The molecule has 2 aliphatic heterocycles. The van der Waals surface area contributed by atoms with Crippen LogP contribution in [0.2, 0.25) is 0 Å². The molecular weight excluding hydrogens is 236 g/mol. The maximum absolute atomic E-state index is 12.4. The Kier molecular flexibility index (Phi) is 5.74. The van der Waals surface area contributed by atoms with Crippen molar-refractivity contribution < 1.29 is 4.79 Å². The van der Waals surface area contributed by atoms with Gasteiger partial charge in [0.15, 0.2) is 0 Å². The lowest BCUT2D eigenvalue weighted by molar-refractivity contribution is -0.138. The normalized spacial score (nSPS) is 26.1. The average molecular weight is 261 g/mol. The minimum Gasteiger partial charge on any atom is -0.339 e. The Morgan fingerprint density at radius 2 is 1.88 bits per heavy atom. The first-order valence-corrected chi connectivity index (χ1v) is 6.71. The molecule has 3 nitrogen and oxygen atoms in total. The predicted molar refractivity (Wildman–Crippen MR) is 72.4 cm³/mol. The fourth-order valence-corrected chi connectivity index (χ4v) is 3.06. The molecule has 0 aliphatic carbocycles. The molecule has 100 valence electrons. The summed E-state index contributed by atoms with van der Waals surface area (Å²) in [7, 11) is 0. The van der Waals surface area contributed by atoms with Crippen molar-refractivity contribution in [3.63, 3.8) is 0 Å². The summed E-state index contributed by atoms with van der Waals surface area (Å²) >= 11 is 0. The third-order valence-electron chi connectivity index (χ3n) is 4.04. The zero-order chi connectivity index (χ0) is 11.5. The van der Waals surface area contributed by atoms with Crippen LogP contribution in [0.1, 0.15) is 39.5 Å². The summed E-state index contributed by atoms with van der Waals surface area (Å²) in [4.78, 5) is 14.6. The highest BCUT2D eigenvalue weighted by molar-refractivity contribution is 5.85. The predicted octanol–water partition coefficient (Wildman–Crippen LogP) is 2.05. The van der Waals surface area contributed by atoms with Crippen molar-refractivity contribution in [2.24, 2.45) is 11.8 Å². The number of rotatable bonds is 2. The first-order valence-electron chi connectivity index (χ1n) is 6.71. The van der Waals surface area contributed by atoms with Gasteiger partial charge in [-0.25, -0.2) is 0 Å². The third-order valence-corrected chi connectivity index (χ3v) is 4.04. The molecule has 4 heteroatoms. The van der Waals surface area contributed by atoms with Crippen LogP contribution in [0.4, 0.5) is 0 Å². The lowest BCUT2D eigenvalue weighted by Gasteiger charge is -2.32. The standard InChI is InChI=1S/C13H24N2O.ClH/c1-10(2)12-4-3-9-15(12)13(16)11-5-7-14-8-6-11;/h10-12,14H,3-9H2,1-2H3;1H. The van der Waals surface area contributed by atoms with Crippen LogP contribution in [-0.4, -0.2) is 36.5 Å². The van der Waals surface area contributed by atoms with Crippen LogP contribution in [0.3, 0.4) is 0 Å². The molecule has 0 aromatic carbocycles. The summed E-state index contributed by atoms with van der Waals surface area (Å²) in [6, 6.07) is 0.502. The molecule has 2 saturated heterocycles. The Balaban J connectivity index is 0.00000144. The van der Waals surface area contributed by atoms with Crippen LogP contribution >= 0.6 is 12.4 Å². The van der Waals surface area contributed by atoms with E-state index in [1.807, 2.05) is 0 Å². The van der Waals surface area contributed by atoms with E-state index in [1.165, 1.54) is 12.8 Å². The van der Waals surface area contributed by atoms with Gasteiger partial charge in [0.25, 0.3) is 0 Å². The van der Waals surface area contributed by atoms with E-state index in [2.05, 4.69) is 24.1 Å². The van der Waals surface area contributed by atoms with Crippen molar-refractivity contribution in [2.45, 2.75) is 45.6 Å². The van der Waals surface area contributed by atoms with Gasteiger partial charge in [-0.1, -0.05) is 13.8 Å². The van der Waals surface area contributed by atoms with E-state index in [1.54, 1.807) is 0 Å². The Bertz CT molecular complexity index is 252. The molecule has 2 aliphatic rings. The highest BCUT2D eigenvalue weighted by Gasteiger charge is 2.34. The highest BCUT2D eigenvalue weighted by Crippen LogP contribution is 2.27. The molecular formula is C13H25ClN2O. The fourth-order valence-electron chi connectivity index (χ4n) is 3.06. The molecule has 1 N–H and O–H groups in total. The van der Waals surface area contributed by atoms with E-state index >= 15 is 0 Å². The van der Waals surface area contributed by atoms with Crippen LogP contribution in [0.5, 0.6) is 0 Å². The average Bonchev–Trinajstić information content (AvgIpc) is 2.78. The number of likely N-dealkylation sites (tertiary alicyclic amines) is 1. The summed E-state index contributed by atoms with van der Waals surface area (Å²) < 4.78 is 0. The van der Waals surface area contributed by atoms with Crippen molar-refractivity contribution in [1.82, 2.24) is 10.2 Å². The van der Waals surface area contributed by atoms with Gasteiger partial charge in [-0.05, 0) is 44.7 Å². The van der Waals surface area contributed by atoms with Gasteiger partial charge in [0, 0.05) is 18.5 Å². The number of amides is 1. The smallest absolute Gasteiger partial charge is 0.226 e. The van der Waals surface area contributed by atoms with Gasteiger partial charge in [0.05, 0.1) is 0 Å². The van der Waals surface area contributed by atoms with E-state index in [-0.39, 0.29) is 12.4 Å². The van der Waals surface area contributed by atoms with Crippen LogP contribution in [0, 0.1) is 11.8 Å². The van der Waals surface area contributed by atoms with Crippen LogP contribution in [-0.2, 0) is 4.79 Å². The number of nitrogens with zero attached hydrogens (tertiary/aromatic N) is 1. The molecule has 0 spiro atoms. The van der Waals surface area contributed by atoms with Crippen LogP contribution in [0.25, 0.3) is 0 Å². The number of nitrogens with one attached hydrogen (secondary N) is 1. The summed E-state index contributed by atoms with van der Waals surface area (Å²) in [5.41, 5.74) is 0. The van der Waals surface area contributed by atoms with Gasteiger partial charge in [0.2, 0.25) is 5.91 Å². The van der Waals surface area contributed by atoms with Gasteiger partial charge in [-0.15, -0.1) is 12.4 Å². The molecule has 2 fully saturated rings. The summed E-state index contributed by atoms with van der Waals surface area (Å²) in [5, 5.41) is 3.32. The highest BCUT2D eigenvalue weighted by atomic mass is 35.5. The molecule has 0 aromatic rings. The second-order valence-electron chi connectivity index (χ2n) is 5.51. The first-order chi connectivity index (χ1) is 7.70. The molecule has 1 atom stereocenters. The lowest BCUT2D eigenvalue weighted by atomic mass is 9.94. The molecule has 0 radical (unpaired) electrons. The Labute approximate surface area is 111 Å². The van der Waals surface area contributed by atoms with E-state index in [0.717, 1.165) is 32.5 Å². The van der Waals surface area contributed by atoms with Gasteiger partial charge < -0.3 is 10.2 Å². The lowest BCUT2D eigenvalue weighted by Crippen LogP contribution is -2.44. The largest absolute Gasteiger partial charge is 0.339 e. The fraction of sp³-hybridized carbons (Fsp3) is 0.923. The molecule has 0 bridgehead atoms. The SMILES string of the molecule is CC(C)C1CCCN1C(=O)C1CCNCC1.Cl. The van der Waals surface area contributed by atoms with Crippen molar-refractivity contribution in [1.29, 1.82) is 0 Å². The molecule has 0 aromatic heterocycles. The molecule has 0 saturated carbocycles. The Hall–Kier alpha value is -0.280. The van der Waals surface area contributed by atoms with E-state index < -0.39 is 0 Å². The summed E-state index contributed by atoms with van der Waals surface area (Å²) in [6.07, 6.45) is 4.45. The molecule has 1 unspecified atom stereocenters. The van der Waals surface area contributed by atoms with E-state index in [9.17, 15) is 4.79 Å². The maximum atomic E-state index is 12.4. The zero-order valence-corrected chi connectivity index (χ0v) is 11.8. The maximum Gasteiger partial charge on any atom is 0.226 e. The molecule has 2 rings (SSSR count). The molecule has 17 heavy (non-hydrogen) atoms. The topological polar surface area (TPSA) is 32.3 Å². The number of halogens is 1. The van der Waals surface area contributed by atoms with Gasteiger partial charge in [-0.2, -0.15) is 0 Å². The minimum absolute atomic E-state index is 0. The van der Waals surface area contributed by atoms with Crippen molar-refractivity contribution in [2.75, 3.05) is 19.6 Å². The Morgan fingerprint density at radius 1 is 1.24 bits per heavy atom. The Morgan fingerprint density at radius 3 is 2.47 bits per heavy atom. The van der Waals surface area contributed by atoms with Gasteiger partial charge in [-0.3, -0.25) is 4.79 Å². The number of piperidine rings is 1. The third kappa shape index (κ3) is 3.35. The van der Waals surface area contributed by atoms with E-state index in [0.29, 0.717) is 23.8 Å². The van der Waals surface area contributed by atoms with Crippen molar-refractivity contribution in [3.8, 4) is 0 Å². The van der Waals surface area contributed by atoms with E-state index in [4.69, 9.17) is 0 Å². The quantitative estimate of drug-likeness (QED) is 0.824. The number of hydrogen-bond donors (Lipinski definition) is 1. The summed E-state index contributed by atoms with van der Waals surface area (Å²) in [5.74, 6) is 1.33. The monoisotopic (exact) mass is 260 g/mol. The number of carbonyl (C=O) groups excluding carboxylic acids is 1. The molecule has 2 heterocycles. The van der Waals surface area contributed by atoms with Crippen LogP contribution in [0.15, 0.2) is 0 Å². The van der Waals surface area contributed by atoms with Gasteiger partial charge in [0.1, 0.15) is 0 Å². The van der Waals surface area contributed by atoms with Crippen molar-refractivity contribution >= 4 is 18.3 Å². The molecule has 1 amide bonds. The minimum atomic E-state index is 0. The number of hydrogen-bond acceptors (Lipinski definition) is 2. The second kappa shape index (κ2) is 6.60. The summed E-state index contributed by atoms with van der Waals surface area (Å²) in [6.45, 7) is 7.48. The van der Waals surface area contributed by atoms with Gasteiger partial charge >= 0.3 is 0 Å². The van der Waals surface area contributed by atoms with Crippen molar-refractivity contribution in [3.05, 3.63) is 0 Å². The second-order valence-corrected chi connectivity index (χ2v) is 5.51. The first kappa shape index (κ1) is 14.8. The van der Waals surface area contributed by atoms with Crippen LogP contribution < -0.4 is 5.32 Å². The number of carbonyl (C=O) groups is 1.